The molecule has 1 aliphatic rings. The Morgan fingerprint density at radius 1 is 1.19 bits per heavy atom. The topological polar surface area (TPSA) is 57.9 Å². The highest BCUT2D eigenvalue weighted by molar-refractivity contribution is 6.74. The maximum Gasteiger partial charge on any atom is 0.373 e. The quantitative estimate of drug-likeness (QED) is 0.156. The monoisotopic (exact) mass is 456 g/mol. The number of fused-ring (bicyclic) bond motifs is 3. The Labute approximate surface area is 192 Å². The lowest BCUT2D eigenvalue weighted by Crippen LogP contribution is -2.43. The van der Waals surface area contributed by atoms with Crippen LogP contribution in [0.2, 0.25) is 18.1 Å². The Morgan fingerprint density at radius 3 is 2.53 bits per heavy atom. The normalized spacial score (nSPS) is 17.8. The van der Waals surface area contributed by atoms with Crippen LogP contribution in [0.5, 0.6) is 5.75 Å². The van der Waals surface area contributed by atoms with E-state index in [1.165, 1.54) is 19.8 Å². The van der Waals surface area contributed by atoms with Crippen molar-refractivity contribution in [3.8, 4) is 5.75 Å². The van der Waals surface area contributed by atoms with Gasteiger partial charge in [0.1, 0.15) is 17.1 Å². The molecule has 2 aromatic rings. The van der Waals surface area contributed by atoms with Crippen LogP contribution in [0.15, 0.2) is 46.1 Å². The van der Waals surface area contributed by atoms with Gasteiger partial charge < -0.3 is 18.3 Å². The number of ether oxygens (including phenoxy) is 2. The molecule has 174 valence electrons. The summed E-state index contributed by atoms with van der Waals surface area (Å²) in [7, 11) is 0.888. The average molecular weight is 457 g/mol. The molecule has 1 aromatic heterocycles. The molecule has 0 amide bonds. The van der Waals surface area contributed by atoms with Crippen molar-refractivity contribution in [2.75, 3.05) is 14.2 Å². The first-order valence-corrected chi connectivity index (χ1v) is 14.1. The van der Waals surface area contributed by atoms with Gasteiger partial charge in [-0.3, -0.25) is 0 Å². The molecule has 1 atom stereocenters. The molecule has 0 N–H and O–H groups in total. The van der Waals surface area contributed by atoms with Gasteiger partial charge in [0.25, 0.3) is 0 Å². The SMILES string of the molecule is COC(=O)/C(=C/C(C)=C/C1CCCc2oc3ccc(O[Si](C)(C)C(C)(C)C)cc3c21)OC. The molecule has 0 fully saturated rings. The number of hydrogen-bond donors (Lipinski definition) is 0. The fraction of sp³-hybridized carbons (Fsp3) is 0.500. The van der Waals surface area contributed by atoms with Crippen LogP contribution in [0.4, 0.5) is 0 Å². The lowest BCUT2D eigenvalue weighted by molar-refractivity contribution is -0.139. The number of benzene rings is 1. The van der Waals surface area contributed by atoms with Crippen LogP contribution >= 0.6 is 0 Å². The molecule has 0 saturated carbocycles. The van der Waals surface area contributed by atoms with E-state index in [9.17, 15) is 4.79 Å². The van der Waals surface area contributed by atoms with E-state index in [4.69, 9.17) is 18.3 Å². The zero-order valence-electron chi connectivity index (χ0n) is 20.6. The van der Waals surface area contributed by atoms with Gasteiger partial charge in [0.15, 0.2) is 0 Å². The first-order valence-electron chi connectivity index (χ1n) is 11.2. The molecule has 0 saturated heterocycles. The Hall–Kier alpha value is -2.47. The number of rotatable bonds is 6. The first-order chi connectivity index (χ1) is 15.0. The van der Waals surface area contributed by atoms with Gasteiger partial charge in [-0.1, -0.05) is 32.4 Å². The number of carbonyl (C=O) groups is 1. The van der Waals surface area contributed by atoms with Gasteiger partial charge in [-0.2, -0.15) is 0 Å². The lowest BCUT2D eigenvalue weighted by atomic mass is 9.84. The minimum atomic E-state index is -1.94. The third-order valence-corrected chi connectivity index (χ3v) is 11.0. The molecule has 0 bridgehead atoms. The summed E-state index contributed by atoms with van der Waals surface area (Å²) < 4.78 is 22.8. The third kappa shape index (κ3) is 4.95. The molecule has 1 unspecified atom stereocenters. The maximum atomic E-state index is 11.9. The highest BCUT2D eigenvalue weighted by atomic mass is 28.4. The van der Waals surface area contributed by atoms with Gasteiger partial charge in [0.2, 0.25) is 14.1 Å². The Balaban J connectivity index is 2.00. The van der Waals surface area contributed by atoms with Crippen molar-refractivity contribution in [1.82, 2.24) is 0 Å². The van der Waals surface area contributed by atoms with Crippen LogP contribution < -0.4 is 4.43 Å². The first kappa shape index (κ1) is 24.2. The van der Waals surface area contributed by atoms with Crippen LogP contribution in [-0.2, 0) is 20.7 Å². The number of aryl methyl sites for hydroxylation is 1. The van der Waals surface area contributed by atoms with E-state index in [0.29, 0.717) is 0 Å². The van der Waals surface area contributed by atoms with Gasteiger partial charge in [-0.05, 0) is 62.2 Å². The van der Waals surface area contributed by atoms with Crippen LogP contribution in [0, 0.1) is 0 Å². The summed E-state index contributed by atoms with van der Waals surface area (Å²) in [5.74, 6) is 1.87. The number of methoxy groups -OCH3 is 2. The predicted molar refractivity (Wildman–Crippen MR) is 131 cm³/mol. The number of hydrogen-bond acceptors (Lipinski definition) is 5. The van der Waals surface area contributed by atoms with Gasteiger partial charge in [-0.15, -0.1) is 0 Å². The Morgan fingerprint density at radius 2 is 1.91 bits per heavy atom. The van der Waals surface area contributed by atoms with Crippen molar-refractivity contribution >= 4 is 25.3 Å². The Kier molecular flexibility index (Phi) is 6.93. The van der Waals surface area contributed by atoms with E-state index in [1.807, 2.05) is 19.1 Å². The average Bonchev–Trinajstić information content (AvgIpc) is 3.09. The molecule has 1 aromatic carbocycles. The maximum absolute atomic E-state index is 11.9. The highest BCUT2D eigenvalue weighted by Crippen LogP contribution is 2.43. The van der Waals surface area contributed by atoms with Crippen molar-refractivity contribution in [3.63, 3.8) is 0 Å². The molecule has 1 heterocycles. The smallest absolute Gasteiger partial charge is 0.373 e. The van der Waals surface area contributed by atoms with Crippen molar-refractivity contribution in [1.29, 1.82) is 0 Å². The van der Waals surface area contributed by atoms with Crippen LogP contribution in [-0.4, -0.2) is 28.5 Å². The molecule has 6 heteroatoms. The number of allylic oxidation sites excluding steroid dienone is 3. The number of furan rings is 1. The second kappa shape index (κ2) is 9.18. The molecular formula is C26H36O5Si. The van der Waals surface area contributed by atoms with Gasteiger partial charge in [-0.25, -0.2) is 4.79 Å². The molecule has 0 spiro atoms. The number of carbonyl (C=O) groups excluding carboxylic acids is 1. The highest BCUT2D eigenvalue weighted by Gasteiger charge is 2.39. The lowest BCUT2D eigenvalue weighted by Gasteiger charge is -2.36. The summed E-state index contributed by atoms with van der Waals surface area (Å²) >= 11 is 0. The summed E-state index contributed by atoms with van der Waals surface area (Å²) in [6.45, 7) is 13.2. The molecule has 0 aliphatic heterocycles. The standard InChI is InChI=1S/C26H36O5Si/c1-17(15-23(28-5)25(27)29-6)14-18-10-9-11-22-24(18)20-16-19(12-13-21(20)30-22)31-32(7,8)26(2,3)4/h12-16,18H,9-11H2,1-8H3/b17-14+,23-15-. The fourth-order valence-electron chi connectivity index (χ4n) is 3.92. The second-order valence-corrected chi connectivity index (χ2v) is 14.8. The van der Waals surface area contributed by atoms with Crippen LogP contribution in [0.1, 0.15) is 57.8 Å². The Bertz CT molecular complexity index is 1050. The largest absolute Gasteiger partial charge is 0.543 e. The molecule has 5 nitrogen and oxygen atoms in total. The molecule has 0 radical (unpaired) electrons. The van der Waals surface area contributed by atoms with Crippen molar-refractivity contribution < 1.29 is 23.1 Å². The summed E-state index contributed by atoms with van der Waals surface area (Å²) in [5, 5.41) is 1.25. The zero-order chi connectivity index (χ0) is 23.7. The van der Waals surface area contributed by atoms with Crippen molar-refractivity contribution in [2.45, 2.75) is 71.0 Å². The fourth-order valence-corrected chi connectivity index (χ4v) is 4.94. The van der Waals surface area contributed by atoms with Gasteiger partial charge in [0, 0.05) is 23.3 Å². The zero-order valence-corrected chi connectivity index (χ0v) is 21.6. The molecule has 1 aliphatic carbocycles. The second-order valence-electron chi connectivity index (χ2n) is 10.1. The summed E-state index contributed by atoms with van der Waals surface area (Å²) in [4.78, 5) is 11.9. The van der Waals surface area contributed by atoms with E-state index in [1.54, 1.807) is 6.08 Å². The molecular weight excluding hydrogens is 420 g/mol. The van der Waals surface area contributed by atoms with E-state index < -0.39 is 14.3 Å². The van der Waals surface area contributed by atoms with Crippen LogP contribution in [0.3, 0.4) is 0 Å². The van der Waals surface area contributed by atoms with E-state index in [-0.39, 0.29) is 16.7 Å². The molecule has 32 heavy (non-hydrogen) atoms. The summed E-state index contributed by atoms with van der Waals surface area (Å²) in [6.07, 6.45) is 6.95. The van der Waals surface area contributed by atoms with Gasteiger partial charge in [0.05, 0.1) is 14.2 Å². The van der Waals surface area contributed by atoms with E-state index >= 15 is 0 Å². The summed E-state index contributed by atoms with van der Waals surface area (Å²) in [5.41, 5.74) is 3.09. The van der Waals surface area contributed by atoms with Crippen LogP contribution in [0.25, 0.3) is 11.0 Å². The summed E-state index contributed by atoms with van der Waals surface area (Å²) in [6, 6.07) is 6.20. The molecule has 3 rings (SSSR count). The minimum absolute atomic E-state index is 0.130. The van der Waals surface area contributed by atoms with Crippen molar-refractivity contribution in [2.24, 2.45) is 0 Å². The van der Waals surface area contributed by atoms with Gasteiger partial charge >= 0.3 is 5.97 Å². The van der Waals surface area contributed by atoms with Crippen molar-refractivity contribution in [3.05, 3.63) is 53.0 Å². The van der Waals surface area contributed by atoms with E-state index in [2.05, 4.69) is 46.0 Å². The predicted octanol–water partition coefficient (Wildman–Crippen LogP) is 6.89. The third-order valence-electron chi connectivity index (χ3n) is 6.67. The van der Waals surface area contributed by atoms with E-state index in [0.717, 1.165) is 47.3 Å². The minimum Gasteiger partial charge on any atom is -0.543 e. The number of esters is 1.